The number of aromatic nitrogens is 2. The summed E-state index contributed by atoms with van der Waals surface area (Å²) < 4.78 is 5.42. The van der Waals surface area contributed by atoms with Gasteiger partial charge in [0.1, 0.15) is 16.4 Å². The molecule has 1 saturated heterocycles. The maximum absolute atomic E-state index is 12.6. The van der Waals surface area contributed by atoms with Crippen LogP contribution in [0.15, 0.2) is 23.0 Å². The number of aromatic amines is 1. The number of thiophene rings is 1. The summed E-state index contributed by atoms with van der Waals surface area (Å²) in [7, 11) is 1.56. The number of amides is 2. The molecule has 1 aromatic carbocycles. The molecule has 0 atom stereocenters. The van der Waals surface area contributed by atoms with Gasteiger partial charge in [0.25, 0.3) is 5.56 Å². The normalized spacial score (nSPS) is 14.1. The summed E-state index contributed by atoms with van der Waals surface area (Å²) in [5.74, 6) is 0.943. The van der Waals surface area contributed by atoms with Crippen LogP contribution in [0.1, 0.15) is 41.9 Å². The minimum absolute atomic E-state index is 0.0579. The number of anilines is 2. The number of H-pyrrole nitrogens is 1. The number of carbonyl (C=O) groups excluding carboxylic acids is 2. The van der Waals surface area contributed by atoms with Gasteiger partial charge >= 0.3 is 0 Å². The smallest absolute Gasteiger partial charge is 0.259 e. The lowest BCUT2D eigenvalue weighted by Crippen LogP contribution is -2.35. The monoisotopic (exact) mass is 454 g/mol. The molecule has 1 aliphatic heterocycles. The number of methoxy groups -OCH3 is 1. The van der Waals surface area contributed by atoms with Crippen LogP contribution in [0, 0.1) is 13.8 Å². The number of hydrogen-bond donors (Lipinski definition) is 2. The van der Waals surface area contributed by atoms with E-state index >= 15 is 0 Å². The molecule has 2 aromatic heterocycles. The zero-order valence-electron chi connectivity index (χ0n) is 18.4. The molecule has 9 heteroatoms. The van der Waals surface area contributed by atoms with E-state index in [1.54, 1.807) is 30.2 Å². The predicted octanol–water partition coefficient (Wildman–Crippen LogP) is 3.70. The molecule has 4 rings (SSSR count). The summed E-state index contributed by atoms with van der Waals surface area (Å²) in [6.07, 6.45) is 2.83. The van der Waals surface area contributed by atoms with Gasteiger partial charge in [-0.15, -0.1) is 11.3 Å². The second kappa shape index (κ2) is 9.12. The topological polar surface area (TPSA) is 104 Å². The highest BCUT2D eigenvalue weighted by atomic mass is 32.1. The molecule has 2 amide bonds. The second-order valence-corrected chi connectivity index (χ2v) is 9.12. The zero-order valence-corrected chi connectivity index (χ0v) is 19.2. The summed E-state index contributed by atoms with van der Waals surface area (Å²) >= 11 is 1.49. The highest BCUT2D eigenvalue weighted by Gasteiger charge is 2.23. The van der Waals surface area contributed by atoms with Gasteiger partial charge in [0.15, 0.2) is 0 Å². The highest BCUT2D eigenvalue weighted by molar-refractivity contribution is 7.18. The fourth-order valence-corrected chi connectivity index (χ4v) is 4.96. The van der Waals surface area contributed by atoms with Crippen molar-refractivity contribution in [2.24, 2.45) is 0 Å². The summed E-state index contributed by atoms with van der Waals surface area (Å²) in [6.45, 7) is 4.52. The first kappa shape index (κ1) is 22.0. The Bertz CT molecular complexity index is 1250. The third kappa shape index (κ3) is 4.38. The lowest BCUT2D eigenvalue weighted by molar-refractivity contribution is -0.119. The summed E-state index contributed by atoms with van der Waals surface area (Å²) in [5, 5.41) is 3.50. The van der Waals surface area contributed by atoms with Gasteiger partial charge in [-0.3, -0.25) is 14.4 Å². The minimum Gasteiger partial charge on any atom is -0.495 e. The van der Waals surface area contributed by atoms with Crippen LogP contribution in [0.2, 0.25) is 0 Å². The van der Waals surface area contributed by atoms with Gasteiger partial charge in [-0.1, -0.05) is 0 Å². The van der Waals surface area contributed by atoms with Crippen molar-refractivity contribution in [3.63, 3.8) is 0 Å². The molecular formula is C23H26N4O4S. The molecule has 0 radical (unpaired) electrons. The standard InChI is InChI=1S/C23H26N4O4S/c1-13-14(2)32-23-21(13)22(30)25-18(26-23)9-10-19(28)24-15-7-8-17(31-3)16(12-15)27-11-5-4-6-20(27)29/h7-8,12H,4-6,9-11H2,1-3H3,(H,24,28)(H,25,26,30). The SMILES string of the molecule is COc1ccc(NC(=O)CCc2nc3sc(C)c(C)c3c(=O)[nH]2)cc1N1CCCCC1=O. The third-order valence-electron chi connectivity index (χ3n) is 5.75. The molecule has 2 N–H and O–H groups in total. The van der Waals surface area contributed by atoms with Crippen LogP contribution in [0.25, 0.3) is 10.2 Å². The number of piperidine rings is 1. The Kier molecular flexibility index (Phi) is 6.27. The first-order valence-electron chi connectivity index (χ1n) is 10.6. The van der Waals surface area contributed by atoms with Crippen molar-refractivity contribution in [2.75, 3.05) is 23.9 Å². The van der Waals surface area contributed by atoms with E-state index in [1.165, 1.54) is 11.3 Å². The fraction of sp³-hybridized carbons (Fsp3) is 0.391. The van der Waals surface area contributed by atoms with Crippen molar-refractivity contribution < 1.29 is 14.3 Å². The largest absolute Gasteiger partial charge is 0.495 e. The van der Waals surface area contributed by atoms with Gasteiger partial charge in [-0.2, -0.15) is 0 Å². The van der Waals surface area contributed by atoms with Crippen molar-refractivity contribution in [3.8, 4) is 5.75 Å². The Hall–Kier alpha value is -3.20. The fourth-order valence-electron chi connectivity index (χ4n) is 3.91. The average molecular weight is 455 g/mol. The third-order valence-corrected chi connectivity index (χ3v) is 6.85. The van der Waals surface area contributed by atoms with Gasteiger partial charge < -0.3 is 19.9 Å². The number of nitrogens with one attached hydrogen (secondary N) is 2. The number of aryl methyl sites for hydroxylation is 3. The van der Waals surface area contributed by atoms with Crippen molar-refractivity contribution >= 4 is 44.7 Å². The van der Waals surface area contributed by atoms with Crippen LogP contribution in [0.4, 0.5) is 11.4 Å². The molecule has 8 nitrogen and oxygen atoms in total. The van der Waals surface area contributed by atoms with Gasteiger partial charge in [-0.25, -0.2) is 4.98 Å². The number of hydrogen-bond acceptors (Lipinski definition) is 6. The summed E-state index contributed by atoms with van der Waals surface area (Å²) in [6, 6.07) is 5.27. The lowest BCUT2D eigenvalue weighted by Gasteiger charge is -2.28. The number of rotatable bonds is 6. The van der Waals surface area contributed by atoms with E-state index in [0.717, 1.165) is 23.3 Å². The van der Waals surface area contributed by atoms with Crippen LogP contribution in [0.5, 0.6) is 5.75 Å². The van der Waals surface area contributed by atoms with Gasteiger partial charge in [0, 0.05) is 36.4 Å². The maximum Gasteiger partial charge on any atom is 0.259 e. The molecule has 32 heavy (non-hydrogen) atoms. The van der Waals surface area contributed by atoms with E-state index in [1.807, 2.05) is 13.8 Å². The molecular weight excluding hydrogens is 428 g/mol. The van der Waals surface area contributed by atoms with Gasteiger partial charge in [-0.05, 0) is 50.5 Å². The first-order valence-corrected chi connectivity index (χ1v) is 11.5. The van der Waals surface area contributed by atoms with E-state index in [2.05, 4.69) is 15.3 Å². The second-order valence-electron chi connectivity index (χ2n) is 7.91. The Morgan fingerprint density at radius 2 is 2.09 bits per heavy atom. The van der Waals surface area contributed by atoms with E-state index in [0.29, 0.717) is 52.6 Å². The van der Waals surface area contributed by atoms with Crippen molar-refractivity contribution in [1.82, 2.24) is 9.97 Å². The molecule has 1 fully saturated rings. The number of nitrogens with zero attached hydrogens (tertiary/aromatic N) is 2. The van der Waals surface area contributed by atoms with E-state index in [4.69, 9.17) is 4.74 Å². The lowest BCUT2D eigenvalue weighted by atomic mass is 10.1. The minimum atomic E-state index is -0.202. The van der Waals surface area contributed by atoms with Crippen LogP contribution in [-0.4, -0.2) is 35.4 Å². The van der Waals surface area contributed by atoms with Crippen molar-refractivity contribution in [2.45, 2.75) is 46.0 Å². The average Bonchev–Trinajstić information content (AvgIpc) is 3.06. The number of carbonyl (C=O) groups is 2. The number of ether oxygens (including phenoxy) is 1. The van der Waals surface area contributed by atoms with Crippen LogP contribution in [-0.2, 0) is 16.0 Å². The number of fused-ring (bicyclic) bond motifs is 1. The van der Waals surface area contributed by atoms with E-state index < -0.39 is 0 Å². The predicted molar refractivity (Wildman–Crippen MR) is 126 cm³/mol. The molecule has 1 aliphatic rings. The Morgan fingerprint density at radius 1 is 1.28 bits per heavy atom. The van der Waals surface area contributed by atoms with Gasteiger partial charge in [0.05, 0.1) is 18.2 Å². The summed E-state index contributed by atoms with van der Waals surface area (Å²) in [4.78, 5) is 48.1. The summed E-state index contributed by atoms with van der Waals surface area (Å²) in [5.41, 5.74) is 2.03. The van der Waals surface area contributed by atoms with Crippen LogP contribution < -0.4 is 20.5 Å². The van der Waals surface area contributed by atoms with Gasteiger partial charge in [0.2, 0.25) is 11.8 Å². The van der Waals surface area contributed by atoms with E-state index in [-0.39, 0.29) is 23.8 Å². The number of benzene rings is 1. The highest BCUT2D eigenvalue weighted by Crippen LogP contribution is 2.33. The Morgan fingerprint density at radius 3 is 2.84 bits per heavy atom. The molecule has 0 aliphatic carbocycles. The van der Waals surface area contributed by atoms with Crippen LogP contribution in [0.3, 0.4) is 0 Å². The van der Waals surface area contributed by atoms with Crippen LogP contribution >= 0.6 is 11.3 Å². The maximum atomic E-state index is 12.6. The molecule has 3 heterocycles. The first-order chi connectivity index (χ1) is 15.4. The Balaban J connectivity index is 1.46. The molecule has 0 saturated carbocycles. The zero-order chi connectivity index (χ0) is 22.8. The van der Waals surface area contributed by atoms with Crippen molar-refractivity contribution in [1.29, 1.82) is 0 Å². The quantitative estimate of drug-likeness (QED) is 0.591. The Labute approximate surface area is 189 Å². The van der Waals surface area contributed by atoms with Crippen molar-refractivity contribution in [3.05, 3.63) is 44.8 Å². The molecule has 0 spiro atoms. The molecule has 0 bridgehead atoms. The van der Waals surface area contributed by atoms with E-state index in [9.17, 15) is 14.4 Å². The molecule has 168 valence electrons. The molecule has 0 unspecified atom stereocenters. The molecule has 3 aromatic rings.